The third-order valence-electron chi connectivity index (χ3n) is 5.78. The van der Waals surface area contributed by atoms with E-state index in [0.29, 0.717) is 16.6 Å². The molecular weight excluding hydrogens is 358 g/mol. The SMILES string of the molecule is Cc1ccccc1C1CCCN1c1ncc(C(=O)N2CCCCC2)cc1Cl. The normalized spacial score (nSPS) is 20.1. The van der Waals surface area contributed by atoms with E-state index >= 15 is 0 Å². The molecule has 0 N–H and O–H groups in total. The minimum atomic E-state index is 0.0486. The van der Waals surface area contributed by atoms with Crippen LogP contribution < -0.4 is 4.90 Å². The predicted molar refractivity (Wildman–Crippen MR) is 110 cm³/mol. The van der Waals surface area contributed by atoms with Gasteiger partial charge < -0.3 is 9.80 Å². The smallest absolute Gasteiger partial charge is 0.255 e. The van der Waals surface area contributed by atoms with E-state index in [9.17, 15) is 4.79 Å². The van der Waals surface area contributed by atoms with Gasteiger partial charge in [-0.05, 0) is 56.2 Å². The van der Waals surface area contributed by atoms with Crippen LogP contribution in [0.25, 0.3) is 0 Å². The van der Waals surface area contributed by atoms with Crippen molar-refractivity contribution >= 4 is 23.3 Å². The van der Waals surface area contributed by atoms with Crippen LogP contribution in [0.2, 0.25) is 5.02 Å². The highest BCUT2D eigenvalue weighted by molar-refractivity contribution is 6.33. The van der Waals surface area contributed by atoms with Crippen LogP contribution in [0.4, 0.5) is 5.82 Å². The molecule has 2 aliphatic heterocycles. The van der Waals surface area contributed by atoms with Gasteiger partial charge in [0.2, 0.25) is 0 Å². The summed E-state index contributed by atoms with van der Waals surface area (Å²) in [6, 6.07) is 10.6. The highest BCUT2D eigenvalue weighted by atomic mass is 35.5. The molecule has 1 unspecified atom stereocenters. The van der Waals surface area contributed by atoms with Gasteiger partial charge in [-0.25, -0.2) is 4.98 Å². The van der Waals surface area contributed by atoms with Crippen LogP contribution >= 0.6 is 11.6 Å². The zero-order valence-electron chi connectivity index (χ0n) is 15.8. The minimum Gasteiger partial charge on any atom is -0.348 e. The Morgan fingerprint density at radius 1 is 1.11 bits per heavy atom. The first-order chi connectivity index (χ1) is 13.1. The predicted octanol–water partition coefficient (Wildman–Crippen LogP) is 5.01. The first-order valence-electron chi connectivity index (χ1n) is 9.92. The zero-order chi connectivity index (χ0) is 18.8. The molecule has 1 amide bonds. The molecule has 0 aliphatic carbocycles. The maximum atomic E-state index is 12.7. The lowest BCUT2D eigenvalue weighted by atomic mass is 9.99. The Balaban J connectivity index is 1.58. The van der Waals surface area contributed by atoms with Crippen molar-refractivity contribution in [3.8, 4) is 0 Å². The van der Waals surface area contributed by atoms with E-state index < -0.39 is 0 Å². The Kier molecular flexibility index (Phi) is 5.35. The summed E-state index contributed by atoms with van der Waals surface area (Å²) < 4.78 is 0. The summed E-state index contributed by atoms with van der Waals surface area (Å²) in [5.74, 6) is 0.838. The Labute approximate surface area is 166 Å². The quantitative estimate of drug-likeness (QED) is 0.747. The average molecular weight is 384 g/mol. The second-order valence-electron chi connectivity index (χ2n) is 7.59. The van der Waals surface area contributed by atoms with Crippen LogP contribution in [0.3, 0.4) is 0 Å². The van der Waals surface area contributed by atoms with Crippen molar-refractivity contribution in [1.29, 1.82) is 0 Å². The molecule has 3 heterocycles. The molecule has 1 aromatic carbocycles. The molecule has 0 bridgehead atoms. The Bertz CT molecular complexity index is 832. The second-order valence-corrected chi connectivity index (χ2v) is 8.00. The Hall–Kier alpha value is -2.07. The first kappa shape index (κ1) is 18.3. The van der Waals surface area contributed by atoms with Crippen molar-refractivity contribution in [3.63, 3.8) is 0 Å². The number of anilines is 1. The molecule has 0 saturated carbocycles. The van der Waals surface area contributed by atoms with Crippen molar-refractivity contribution in [2.24, 2.45) is 0 Å². The van der Waals surface area contributed by atoms with Crippen molar-refractivity contribution in [2.75, 3.05) is 24.5 Å². The fraction of sp³-hybridized carbons (Fsp3) is 0.455. The number of likely N-dealkylation sites (tertiary alicyclic amines) is 1. The second kappa shape index (κ2) is 7.89. The Morgan fingerprint density at radius 2 is 1.89 bits per heavy atom. The maximum Gasteiger partial charge on any atom is 0.255 e. The van der Waals surface area contributed by atoms with Crippen molar-refractivity contribution < 1.29 is 4.79 Å². The fourth-order valence-electron chi connectivity index (χ4n) is 4.34. The molecule has 2 aromatic rings. The average Bonchev–Trinajstić information content (AvgIpc) is 3.17. The van der Waals surface area contributed by atoms with Gasteiger partial charge in [0.25, 0.3) is 5.91 Å². The van der Waals surface area contributed by atoms with Crippen LogP contribution in [-0.2, 0) is 0 Å². The monoisotopic (exact) mass is 383 g/mol. The number of benzene rings is 1. The molecule has 1 aromatic heterocycles. The van der Waals surface area contributed by atoms with Crippen molar-refractivity contribution in [1.82, 2.24) is 9.88 Å². The zero-order valence-corrected chi connectivity index (χ0v) is 16.6. The third-order valence-corrected chi connectivity index (χ3v) is 6.06. The molecule has 2 aliphatic rings. The van der Waals surface area contributed by atoms with Crippen molar-refractivity contribution in [2.45, 2.75) is 45.1 Å². The van der Waals surface area contributed by atoms with E-state index in [1.165, 1.54) is 17.5 Å². The van der Waals surface area contributed by atoms with Gasteiger partial charge >= 0.3 is 0 Å². The number of halogens is 1. The van der Waals surface area contributed by atoms with Gasteiger partial charge in [0, 0.05) is 25.8 Å². The van der Waals surface area contributed by atoms with E-state index in [1.807, 2.05) is 4.90 Å². The van der Waals surface area contributed by atoms with E-state index in [0.717, 1.165) is 51.1 Å². The number of carbonyl (C=O) groups excluding carboxylic acids is 1. The lowest BCUT2D eigenvalue weighted by Gasteiger charge is -2.29. The number of carbonyl (C=O) groups is 1. The first-order valence-corrected chi connectivity index (χ1v) is 10.3. The van der Waals surface area contributed by atoms with E-state index in [2.05, 4.69) is 41.1 Å². The molecule has 0 spiro atoms. The molecular formula is C22H26ClN3O. The highest BCUT2D eigenvalue weighted by Gasteiger charge is 2.30. The van der Waals surface area contributed by atoms with Gasteiger partial charge in [0.05, 0.1) is 16.6 Å². The maximum absolute atomic E-state index is 12.7. The molecule has 142 valence electrons. The van der Waals surface area contributed by atoms with Gasteiger partial charge in [-0.15, -0.1) is 0 Å². The molecule has 1 atom stereocenters. The summed E-state index contributed by atoms with van der Waals surface area (Å²) in [4.78, 5) is 21.6. The lowest BCUT2D eigenvalue weighted by Crippen LogP contribution is -2.35. The molecule has 4 nitrogen and oxygen atoms in total. The number of rotatable bonds is 3. The number of piperidine rings is 1. The van der Waals surface area contributed by atoms with Gasteiger partial charge in [-0.3, -0.25) is 4.79 Å². The van der Waals surface area contributed by atoms with Crippen LogP contribution in [0.1, 0.15) is 59.6 Å². The largest absolute Gasteiger partial charge is 0.348 e. The summed E-state index contributed by atoms with van der Waals surface area (Å²) in [7, 11) is 0. The number of hydrogen-bond acceptors (Lipinski definition) is 3. The summed E-state index contributed by atoms with van der Waals surface area (Å²) in [6.07, 6.45) is 7.28. The van der Waals surface area contributed by atoms with Gasteiger partial charge in [-0.2, -0.15) is 0 Å². The standard InChI is InChI=1S/C22H26ClN3O/c1-16-8-3-4-9-18(16)20-10-7-13-26(20)21-19(23)14-17(15-24-21)22(27)25-11-5-2-6-12-25/h3-4,8-9,14-15,20H,2,5-7,10-13H2,1H3. The number of aryl methyl sites for hydroxylation is 1. The highest BCUT2D eigenvalue weighted by Crippen LogP contribution is 2.39. The third kappa shape index (κ3) is 3.68. The summed E-state index contributed by atoms with van der Waals surface area (Å²) in [5, 5.41) is 0.568. The van der Waals surface area contributed by atoms with Crippen LogP contribution in [-0.4, -0.2) is 35.4 Å². The van der Waals surface area contributed by atoms with Crippen LogP contribution in [0, 0.1) is 6.92 Å². The van der Waals surface area contributed by atoms with E-state index in [-0.39, 0.29) is 5.91 Å². The number of pyridine rings is 1. The molecule has 0 radical (unpaired) electrons. The number of aromatic nitrogens is 1. The fourth-order valence-corrected chi connectivity index (χ4v) is 4.62. The van der Waals surface area contributed by atoms with E-state index in [4.69, 9.17) is 11.6 Å². The lowest BCUT2D eigenvalue weighted by molar-refractivity contribution is 0.0724. The Morgan fingerprint density at radius 3 is 2.63 bits per heavy atom. The van der Waals surface area contributed by atoms with Crippen LogP contribution in [0.15, 0.2) is 36.5 Å². The summed E-state index contributed by atoms with van der Waals surface area (Å²) in [5.41, 5.74) is 3.22. The summed E-state index contributed by atoms with van der Waals surface area (Å²) >= 11 is 6.61. The molecule has 27 heavy (non-hydrogen) atoms. The molecule has 4 rings (SSSR count). The number of amides is 1. The van der Waals surface area contributed by atoms with Crippen LogP contribution in [0.5, 0.6) is 0 Å². The summed E-state index contributed by atoms with van der Waals surface area (Å²) in [6.45, 7) is 4.76. The van der Waals surface area contributed by atoms with Gasteiger partial charge in [0.15, 0.2) is 0 Å². The molecule has 5 heteroatoms. The van der Waals surface area contributed by atoms with Gasteiger partial charge in [-0.1, -0.05) is 35.9 Å². The number of nitrogens with zero attached hydrogens (tertiary/aromatic N) is 3. The number of hydrogen-bond donors (Lipinski definition) is 0. The molecule has 2 fully saturated rings. The topological polar surface area (TPSA) is 36.4 Å². The van der Waals surface area contributed by atoms with E-state index in [1.54, 1.807) is 12.3 Å². The minimum absolute atomic E-state index is 0.0486. The molecule has 2 saturated heterocycles. The van der Waals surface area contributed by atoms with Gasteiger partial charge in [0.1, 0.15) is 5.82 Å². The van der Waals surface area contributed by atoms with Crippen molar-refractivity contribution in [3.05, 3.63) is 58.2 Å².